The fourth-order valence-corrected chi connectivity index (χ4v) is 5.19. The Bertz CT molecular complexity index is 444. The fraction of sp³-hybridized carbons (Fsp3) is 0.647. The van der Waals surface area contributed by atoms with Gasteiger partial charge in [-0.1, -0.05) is 31.2 Å². The van der Waals surface area contributed by atoms with E-state index in [1.165, 1.54) is 30.4 Å². The van der Waals surface area contributed by atoms with Gasteiger partial charge in [0.1, 0.15) is 0 Å². The molecule has 0 bridgehead atoms. The summed E-state index contributed by atoms with van der Waals surface area (Å²) in [5.41, 5.74) is 3.03. The molecule has 1 fully saturated rings. The summed E-state index contributed by atoms with van der Waals surface area (Å²) in [6.45, 7) is 3.33. The highest BCUT2D eigenvalue weighted by Crippen LogP contribution is 2.43. The second-order valence-electron chi connectivity index (χ2n) is 6.04. The Morgan fingerprint density at radius 2 is 2.10 bits per heavy atom. The van der Waals surface area contributed by atoms with Gasteiger partial charge in [0.15, 0.2) is 0 Å². The van der Waals surface area contributed by atoms with Crippen LogP contribution in [0.4, 0.5) is 0 Å². The van der Waals surface area contributed by atoms with Crippen molar-refractivity contribution >= 4 is 11.8 Å². The Balaban J connectivity index is 1.71. The molecule has 3 rings (SSSR count). The average Bonchev–Trinajstić information content (AvgIpc) is 2.99. The number of hydrogen-bond acceptors (Lipinski definition) is 3. The second-order valence-corrected chi connectivity index (χ2v) is 7.31. The molecule has 3 heteroatoms. The number of nitrogens with one attached hydrogen (secondary N) is 1. The maximum atomic E-state index is 5.77. The van der Waals surface area contributed by atoms with Crippen LogP contribution in [-0.2, 0) is 4.74 Å². The van der Waals surface area contributed by atoms with Crippen LogP contribution in [0.2, 0.25) is 0 Å². The molecule has 0 aromatic heterocycles. The molecule has 4 unspecified atom stereocenters. The highest BCUT2D eigenvalue weighted by Gasteiger charge is 2.33. The first-order chi connectivity index (χ1) is 9.79. The predicted molar refractivity (Wildman–Crippen MR) is 86.5 cm³/mol. The van der Waals surface area contributed by atoms with Crippen molar-refractivity contribution in [1.82, 2.24) is 5.32 Å². The lowest BCUT2D eigenvalue weighted by Gasteiger charge is -2.37. The molecule has 1 saturated heterocycles. The molecule has 0 saturated carbocycles. The summed E-state index contributed by atoms with van der Waals surface area (Å²) in [6.07, 6.45) is 4.24. The quantitative estimate of drug-likeness (QED) is 0.913. The van der Waals surface area contributed by atoms with Crippen molar-refractivity contribution in [3.05, 3.63) is 35.4 Å². The van der Waals surface area contributed by atoms with Crippen LogP contribution in [0.3, 0.4) is 0 Å². The number of ether oxygens (including phenoxy) is 1. The molecule has 20 heavy (non-hydrogen) atoms. The SMILES string of the molecule is CNC1c2ccccc2C(C)CC1SCC1CCCO1. The van der Waals surface area contributed by atoms with E-state index in [0.29, 0.717) is 23.3 Å². The topological polar surface area (TPSA) is 21.3 Å². The first-order valence-electron chi connectivity index (χ1n) is 7.79. The summed E-state index contributed by atoms with van der Waals surface area (Å²) in [7, 11) is 2.09. The Labute approximate surface area is 126 Å². The highest BCUT2D eigenvalue weighted by molar-refractivity contribution is 8.00. The van der Waals surface area contributed by atoms with Gasteiger partial charge in [-0.05, 0) is 43.4 Å². The van der Waals surface area contributed by atoms with Crippen LogP contribution >= 0.6 is 11.8 Å². The molecule has 1 aromatic rings. The minimum absolute atomic E-state index is 0.480. The summed E-state index contributed by atoms with van der Waals surface area (Å²) in [4.78, 5) is 0. The third kappa shape index (κ3) is 2.90. The molecular formula is C17H25NOS. The van der Waals surface area contributed by atoms with Gasteiger partial charge in [-0.2, -0.15) is 11.8 Å². The first kappa shape index (κ1) is 14.4. The van der Waals surface area contributed by atoms with Crippen molar-refractivity contribution in [1.29, 1.82) is 0 Å². The number of rotatable bonds is 4. The summed E-state index contributed by atoms with van der Waals surface area (Å²) < 4.78 is 5.77. The molecule has 1 aliphatic heterocycles. The smallest absolute Gasteiger partial charge is 0.0666 e. The molecule has 0 radical (unpaired) electrons. The van der Waals surface area contributed by atoms with Gasteiger partial charge in [0, 0.05) is 23.7 Å². The molecule has 1 aromatic carbocycles. The van der Waals surface area contributed by atoms with Gasteiger partial charge in [-0.25, -0.2) is 0 Å². The second kappa shape index (κ2) is 6.50. The zero-order valence-corrected chi connectivity index (χ0v) is 13.3. The van der Waals surface area contributed by atoms with Crippen LogP contribution in [-0.4, -0.2) is 30.8 Å². The number of fused-ring (bicyclic) bond motifs is 1. The van der Waals surface area contributed by atoms with Gasteiger partial charge >= 0.3 is 0 Å². The van der Waals surface area contributed by atoms with Crippen LogP contribution in [0.5, 0.6) is 0 Å². The number of thioether (sulfide) groups is 1. The van der Waals surface area contributed by atoms with Crippen LogP contribution < -0.4 is 5.32 Å². The van der Waals surface area contributed by atoms with Gasteiger partial charge < -0.3 is 10.1 Å². The Hall–Kier alpha value is -0.510. The van der Waals surface area contributed by atoms with Crippen molar-refractivity contribution in [2.45, 2.75) is 49.5 Å². The fourth-order valence-electron chi connectivity index (χ4n) is 3.57. The lowest BCUT2D eigenvalue weighted by Crippen LogP contribution is -2.34. The summed E-state index contributed by atoms with van der Waals surface area (Å²) in [5, 5.41) is 4.21. The summed E-state index contributed by atoms with van der Waals surface area (Å²) >= 11 is 2.11. The Morgan fingerprint density at radius 1 is 1.30 bits per heavy atom. The van der Waals surface area contributed by atoms with Gasteiger partial charge in [-0.15, -0.1) is 0 Å². The third-order valence-electron chi connectivity index (χ3n) is 4.65. The zero-order chi connectivity index (χ0) is 13.9. The third-order valence-corrected chi connectivity index (χ3v) is 6.11. The van der Waals surface area contributed by atoms with Crippen LogP contribution in [0.1, 0.15) is 49.3 Å². The molecule has 1 heterocycles. The van der Waals surface area contributed by atoms with E-state index in [0.717, 1.165) is 12.4 Å². The molecular weight excluding hydrogens is 266 g/mol. The van der Waals surface area contributed by atoms with Gasteiger partial charge in [0.2, 0.25) is 0 Å². The molecule has 1 aliphatic carbocycles. The van der Waals surface area contributed by atoms with Gasteiger partial charge in [0.25, 0.3) is 0 Å². The number of benzene rings is 1. The maximum absolute atomic E-state index is 5.77. The van der Waals surface area contributed by atoms with Crippen molar-refractivity contribution in [2.75, 3.05) is 19.4 Å². The monoisotopic (exact) mass is 291 g/mol. The van der Waals surface area contributed by atoms with E-state index in [9.17, 15) is 0 Å². The molecule has 110 valence electrons. The summed E-state index contributed by atoms with van der Waals surface area (Å²) in [6, 6.07) is 9.41. The standard InChI is InChI=1S/C17H25NOS/c1-12-10-16(20-11-13-6-5-9-19-13)17(18-2)15-8-4-3-7-14(12)15/h3-4,7-8,12-13,16-18H,5-6,9-11H2,1-2H3. The van der Waals surface area contributed by atoms with E-state index < -0.39 is 0 Å². The van der Waals surface area contributed by atoms with Crippen molar-refractivity contribution in [3.63, 3.8) is 0 Å². The van der Waals surface area contributed by atoms with E-state index in [-0.39, 0.29) is 0 Å². The molecule has 1 N–H and O–H groups in total. The van der Waals surface area contributed by atoms with Gasteiger partial charge in [0.05, 0.1) is 6.10 Å². The predicted octanol–water partition coefficient (Wildman–Crippen LogP) is 3.74. The van der Waals surface area contributed by atoms with Gasteiger partial charge in [-0.3, -0.25) is 0 Å². The summed E-state index contributed by atoms with van der Waals surface area (Å²) in [5.74, 6) is 1.82. The highest BCUT2D eigenvalue weighted by atomic mass is 32.2. The lowest BCUT2D eigenvalue weighted by molar-refractivity contribution is 0.128. The zero-order valence-electron chi connectivity index (χ0n) is 12.5. The largest absolute Gasteiger partial charge is 0.377 e. The first-order valence-corrected chi connectivity index (χ1v) is 8.83. The van der Waals surface area contributed by atoms with Crippen molar-refractivity contribution < 1.29 is 4.74 Å². The number of hydrogen-bond donors (Lipinski definition) is 1. The normalized spacial score (nSPS) is 33.1. The van der Waals surface area contributed by atoms with Crippen LogP contribution in [0, 0.1) is 0 Å². The molecule has 4 atom stereocenters. The lowest BCUT2D eigenvalue weighted by atomic mass is 9.81. The minimum Gasteiger partial charge on any atom is -0.377 e. The molecule has 2 nitrogen and oxygen atoms in total. The van der Waals surface area contributed by atoms with E-state index in [2.05, 4.69) is 55.3 Å². The molecule has 0 amide bonds. The molecule has 0 spiro atoms. The van der Waals surface area contributed by atoms with Crippen molar-refractivity contribution in [2.24, 2.45) is 0 Å². The van der Waals surface area contributed by atoms with E-state index in [1.54, 1.807) is 0 Å². The van der Waals surface area contributed by atoms with Crippen LogP contribution in [0.15, 0.2) is 24.3 Å². The van der Waals surface area contributed by atoms with Crippen LogP contribution in [0.25, 0.3) is 0 Å². The van der Waals surface area contributed by atoms with E-state index in [4.69, 9.17) is 4.74 Å². The van der Waals surface area contributed by atoms with Crippen molar-refractivity contribution in [3.8, 4) is 0 Å². The average molecular weight is 291 g/mol. The van der Waals surface area contributed by atoms with E-state index >= 15 is 0 Å². The van der Waals surface area contributed by atoms with E-state index in [1.807, 2.05) is 0 Å². The maximum Gasteiger partial charge on any atom is 0.0666 e. The minimum atomic E-state index is 0.480. The molecule has 2 aliphatic rings. The Kier molecular flexibility index (Phi) is 4.69. The Morgan fingerprint density at radius 3 is 2.80 bits per heavy atom.